The number of hydrogen-bond donors (Lipinski definition) is 1. The van der Waals surface area contributed by atoms with Gasteiger partial charge in [0.05, 0.1) is 0 Å². The fraction of sp³-hybridized carbons (Fsp3) is 0.538. The molecule has 1 aromatic carbocycles. The zero-order valence-corrected chi connectivity index (χ0v) is 12.5. The summed E-state index contributed by atoms with van der Waals surface area (Å²) < 4.78 is 14.0. The Morgan fingerprint density at radius 2 is 2.12 bits per heavy atom. The van der Waals surface area contributed by atoms with E-state index < -0.39 is 0 Å². The summed E-state index contributed by atoms with van der Waals surface area (Å²) in [4.78, 5) is 0. The third kappa shape index (κ3) is 6.43. The first-order chi connectivity index (χ1) is 8.24. The summed E-state index contributed by atoms with van der Waals surface area (Å²) in [5.41, 5.74) is 0.981. The quantitative estimate of drug-likeness (QED) is 0.720. The molecule has 0 fully saturated rings. The van der Waals surface area contributed by atoms with E-state index in [0.29, 0.717) is 0 Å². The molecular formula is C13H19BrFNS. The Morgan fingerprint density at radius 1 is 1.29 bits per heavy atom. The van der Waals surface area contributed by atoms with Gasteiger partial charge in [-0.1, -0.05) is 22.4 Å². The largest absolute Gasteiger partial charge is 0.313 e. The first kappa shape index (κ1) is 15.0. The summed E-state index contributed by atoms with van der Waals surface area (Å²) in [5, 5.41) is 3.34. The van der Waals surface area contributed by atoms with Crippen molar-refractivity contribution in [3.8, 4) is 0 Å². The molecular weight excluding hydrogens is 301 g/mol. The Morgan fingerprint density at radius 3 is 2.88 bits per heavy atom. The third-order valence-corrected chi connectivity index (χ3v) is 4.00. The van der Waals surface area contributed by atoms with Crippen LogP contribution in [-0.2, 0) is 6.54 Å². The van der Waals surface area contributed by atoms with Crippen molar-refractivity contribution in [2.24, 2.45) is 0 Å². The van der Waals surface area contributed by atoms with Gasteiger partial charge in [0.25, 0.3) is 0 Å². The number of hydrogen-bond acceptors (Lipinski definition) is 2. The molecule has 1 aromatic rings. The molecule has 0 unspecified atom stereocenters. The van der Waals surface area contributed by atoms with Gasteiger partial charge in [0.1, 0.15) is 5.82 Å². The Kier molecular flexibility index (Phi) is 7.90. The summed E-state index contributed by atoms with van der Waals surface area (Å²) in [7, 11) is 0. The van der Waals surface area contributed by atoms with Gasteiger partial charge in [-0.25, -0.2) is 4.39 Å². The van der Waals surface area contributed by atoms with Gasteiger partial charge in [-0.15, -0.1) is 0 Å². The van der Waals surface area contributed by atoms with E-state index in [1.54, 1.807) is 12.1 Å². The summed E-state index contributed by atoms with van der Waals surface area (Å²) in [6, 6.07) is 4.80. The first-order valence-corrected chi connectivity index (χ1v) is 8.06. The molecule has 0 saturated carbocycles. The fourth-order valence-electron chi connectivity index (χ4n) is 1.58. The predicted octanol–water partition coefficient (Wildman–Crippen LogP) is 4.21. The second-order valence-corrected chi connectivity index (χ2v) is 5.81. The zero-order chi connectivity index (χ0) is 12.5. The Hall–Kier alpha value is -0.0600. The predicted molar refractivity (Wildman–Crippen MR) is 78.0 cm³/mol. The van der Waals surface area contributed by atoms with Crippen LogP contribution in [0.1, 0.15) is 24.8 Å². The van der Waals surface area contributed by atoms with Crippen molar-refractivity contribution in [2.45, 2.75) is 25.8 Å². The fourth-order valence-corrected chi connectivity index (χ4v) is 2.45. The zero-order valence-electron chi connectivity index (χ0n) is 10.1. The molecule has 0 aliphatic rings. The molecule has 1 rings (SSSR count). The van der Waals surface area contributed by atoms with E-state index in [2.05, 4.69) is 27.5 Å². The van der Waals surface area contributed by atoms with Crippen LogP contribution in [0.25, 0.3) is 0 Å². The van der Waals surface area contributed by atoms with Crippen LogP contribution in [0.3, 0.4) is 0 Å². The normalized spacial score (nSPS) is 10.8. The van der Waals surface area contributed by atoms with Crippen molar-refractivity contribution >= 4 is 27.7 Å². The van der Waals surface area contributed by atoms with E-state index in [1.165, 1.54) is 31.1 Å². The van der Waals surface area contributed by atoms with Crippen LogP contribution in [0, 0.1) is 5.82 Å². The molecule has 0 amide bonds. The van der Waals surface area contributed by atoms with E-state index in [9.17, 15) is 4.39 Å². The monoisotopic (exact) mass is 319 g/mol. The molecule has 0 aromatic heterocycles. The second kappa shape index (κ2) is 8.95. The van der Waals surface area contributed by atoms with Crippen LogP contribution < -0.4 is 5.32 Å². The van der Waals surface area contributed by atoms with Gasteiger partial charge in [0.2, 0.25) is 0 Å². The van der Waals surface area contributed by atoms with Gasteiger partial charge in [0.15, 0.2) is 0 Å². The van der Waals surface area contributed by atoms with E-state index in [0.717, 1.165) is 23.1 Å². The summed E-state index contributed by atoms with van der Waals surface area (Å²) in [6.45, 7) is 1.72. The maximum atomic E-state index is 13.0. The van der Waals surface area contributed by atoms with Crippen molar-refractivity contribution in [1.82, 2.24) is 5.32 Å². The molecule has 1 N–H and O–H groups in total. The van der Waals surface area contributed by atoms with E-state index >= 15 is 0 Å². The Balaban J connectivity index is 2.15. The van der Waals surface area contributed by atoms with Gasteiger partial charge in [-0.2, -0.15) is 11.8 Å². The van der Waals surface area contributed by atoms with Gasteiger partial charge in [-0.3, -0.25) is 0 Å². The van der Waals surface area contributed by atoms with Crippen molar-refractivity contribution < 1.29 is 4.39 Å². The van der Waals surface area contributed by atoms with Crippen LogP contribution >= 0.6 is 27.7 Å². The highest BCUT2D eigenvalue weighted by Gasteiger charge is 2.00. The maximum absolute atomic E-state index is 13.0. The van der Waals surface area contributed by atoms with E-state index in [1.807, 2.05) is 11.8 Å². The molecule has 0 aliphatic carbocycles. The molecule has 0 aliphatic heterocycles. The molecule has 0 heterocycles. The highest BCUT2D eigenvalue weighted by molar-refractivity contribution is 9.10. The minimum atomic E-state index is -0.176. The average molecular weight is 320 g/mol. The van der Waals surface area contributed by atoms with Crippen molar-refractivity contribution in [3.05, 3.63) is 34.1 Å². The lowest BCUT2D eigenvalue weighted by molar-refractivity contribution is 0.604. The molecule has 17 heavy (non-hydrogen) atoms. The lowest BCUT2D eigenvalue weighted by Gasteiger charge is -2.07. The summed E-state index contributed by atoms with van der Waals surface area (Å²) in [5.74, 6) is 1.07. The topological polar surface area (TPSA) is 12.0 Å². The lowest BCUT2D eigenvalue weighted by atomic mass is 10.2. The second-order valence-electron chi connectivity index (χ2n) is 3.97. The minimum Gasteiger partial charge on any atom is -0.313 e. The number of rotatable bonds is 8. The molecule has 0 atom stereocenters. The number of halogens is 2. The van der Waals surface area contributed by atoms with Gasteiger partial charge >= 0.3 is 0 Å². The molecule has 0 spiro atoms. The highest BCUT2D eigenvalue weighted by atomic mass is 79.9. The molecule has 1 nitrogen and oxygen atoms in total. The van der Waals surface area contributed by atoms with Gasteiger partial charge in [-0.05, 0) is 55.2 Å². The molecule has 4 heteroatoms. The summed E-state index contributed by atoms with van der Waals surface area (Å²) in [6.07, 6.45) is 5.87. The van der Waals surface area contributed by atoms with E-state index in [-0.39, 0.29) is 5.82 Å². The van der Waals surface area contributed by atoms with Gasteiger partial charge in [0, 0.05) is 11.0 Å². The molecule has 0 bridgehead atoms. The third-order valence-electron chi connectivity index (χ3n) is 2.53. The smallest absolute Gasteiger partial charge is 0.123 e. The van der Waals surface area contributed by atoms with E-state index in [4.69, 9.17) is 0 Å². The van der Waals surface area contributed by atoms with Crippen LogP contribution in [-0.4, -0.2) is 18.6 Å². The van der Waals surface area contributed by atoms with Crippen molar-refractivity contribution in [1.29, 1.82) is 0 Å². The maximum Gasteiger partial charge on any atom is 0.123 e. The van der Waals surface area contributed by atoms with Crippen molar-refractivity contribution in [2.75, 3.05) is 18.6 Å². The minimum absolute atomic E-state index is 0.176. The highest BCUT2D eigenvalue weighted by Crippen LogP contribution is 2.17. The van der Waals surface area contributed by atoms with Crippen LogP contribution in [0.5, 0.6) is 0 Å². The SMILES string of the molecule is CSCCCCCNCc1cc(F)ccc1Br. The lowest BCUT2D eigenvalue weighted by Crippen LogP contribution is -2.15. The first-order valence-electron chi connectivity index (χ1n) is 5.87. The number of nitrogens with one attached hydrogen (secondary N) is 1. The van der Waals surface area contributed by atoms with Gasteiger partial charge < -0.3 is 5.32 Å². The average Bonchev–Trinajstić information content (AvgIpc) is 2.32. The van der Waals surface area contributed by atoms with Crippen molar-refractivity contribution in [3.63, 3.8) is 0 Å². The number of unbranched alkanes of at least 4 members (excludes halogenated alkanes) is 2. The van der Waals surface area contributed by atoms with Crippen LogP contribution in [0.2, 0.25) is 0 Å². The Labute approximate surface area is 116 Å². The summed E-state index contributed by atoms with van der Waals surface area (Å²) >= 11 is 5.32. The number of thioether (sulfide) groups is 1. The van der Waals surface area contributed by atoms with Crippen LogP contribution in [0.4, 0.5) is 4.39 Å². The Bertz CT molecular complexity index is 333. The molecule has 0 radical (unpaired) electrons. The standard InChI is InChI=1S/C13H19BrFNS/c1-17-8-4-2-3-7-16-10-11-9-12(15)5-6-13(11)14/h5-6,9,16H,2-4,7-8,10H2,1H3. The number of benzene rings is 1. The van der Waals surface area contributed by atoms with Crippen LogP contribution in [0.15, 0.2) is 22.7 Å². The molecule has 0 saturated heterocycles. The molecule has 96 valence electrons.